The molecule has 2 aromatic rings. The van der Waals surface area contributed by atoms with Gasteiger partial charge in [-0.15, -0.1) is 10.2 Å². The number of aromatic nitrogens is 4. The highest BCUT2D eigenvalue weighted by molar-refractivity contribution is 5.76. The molecule has 2 aliphatic carbocycles. The summed E-state index contributed by atoms with van der Waals surface area (Å²) < 4.78 is 13.0. The molecule has 1 aromatic heterocycles. The van der Waals surface area contributed by atoms with E-state index >= 15 is 0 Å². The summed E-state index contributed by atoms with van der Waals surface area (Å²) in [6, 6.07) is 6.38. The molecule has 7 heteroatoms. The van der Waals surface area contributed by atoms with Crippen LogP contribution in [0.1, 0.15) is 44.9 Å². The van der Waals surface area contributed by atoms with E-state index in [1.54, 1.807) is 12.1 Å². The smallest absolute Gasteiger partial charge is 0.220 e. The Morgan fingerprint density at radius 1 is 1.19 bits per heavy atom. The van der Waals surface area contributed by atoms with Gasteiger partial charge in [-0.3, -0.25) is 4.79 Å². The molecule has 3 atom stereocenters. The van der Waals surface area contributed by atoms with Gasteiger partial charge in [0.25, 0.3) is 0 Å². The van der Waals surface area contributed by atoms with Crippen molar-refractivity contribution in [2.45, 2.75) is 57.5 Å². The molecule has 26 heavy (non-hydrogen) atoms. The molecule has 1 N–H and O–H groups in total. The number of halogens is 1. The fourth-order valence-electron chi connectivity index (χ4n) is 4.45. The third-order valence-corrected chi connectivity index (χ3v) is 5.75. The van der Waals surface area contributed by atoms with Crippen molar-refractivity contribution in [3.8, 4) is 11.4 Å². The molecule has 0 aliphatic heterocycles. The number of nitrogens with one attached hydrogen (secondary N) is 1. The summed E-state index contributed by atoms with van der Waals surface area (Å²) in [4.78, 5) is 13.7. The summed E-state index contributed by atoms with van der Waals surface area (Å²) in [7, 11) is 0. The van der Waals surface area contributed by atoms with Crippen LogP contribution in [0, 0.1) is 17.7 Å². The number of aryl methyl sites for hydroxylation is 1. The van der Waals surface area contributed by atoms with Gasteiger partial charge in [-0.25, -0.2) is 4.39 Å². The van der Waals surface area contributed by atoms with Crippen molar-refractivity contribution in [3.05, 3.63) is 30.1 Å². The zero-order valence-corrected chi connectivity index (χ0v) is 14.8. The van der Waals surface area contributed by atoms with Gasteiger partial charge in [0.15, 0.2) is 0 Å². The van der Waals surface area contributed by atoms with Gasteiger partial charge in [0.1, 0.15) is 5.82 Å². The highest BCUT2D eigenvalue weighted by Gasteiger charge is 2.39. The topological polar surface area (TPSA) is 72.7 Å². The Balaban J connectivity index is 1.23. The van der Waals surface area contributed by atoms with E-state index in [4.69, 9.17) is 0 Å². The molecule has 0 spiro atoms. The first-order chi connectivity index (χ1) is 12.7. The van der Waals surface area contributed by atoms with Gasteiger partial charge in [0.05, 0.1) is 6.54 Å². The zero-order valence-electron chi connectivity index (χ0n) is 14.8. The maximum absolute atomic E-state index is 13.0. The fourth-order valence-corrected chi connectivity index (χ4v) is 4.45. The molecular formula is C19H24FN5O. The van der Waals surface area contributed by atoms with E-state index < -0.39 is 0 Å². The lowest BCUT2D eigenvalue weighted by molar-refractivity contribution is -0.122. The first kappa shape index (κ1) is 17.1. The maximum atomic E-state index is 13.0. The second-order valence-electron chi connectivity index (χ2n) is 7.43. The van der Waals surface area contributed by atoms with Gasteiger partial charge in [0, 0.05) is 18.0 Å². The SMILES string of the molecule is O=C(CCCn1nnc(-c2ccc(F)cc2)n1)N[C@@H]1CC[C@H]2CCC[C@H]21. The van der Waals surface area contributed by atoms with Crippen LogP contribution in [0.5, 0.6) is 0 Å². The summed E-state index contributed by atoms with van der Waals surface area (Å²) >= 11 is 0. The summed E-state index contributed by atoms with van der Waals surface area (Å²) in [6.07, 6.45) is 7.47. The van der Waals surface area contributed by atoms with Crippen molar-refractivity contribution in [2.24, 2.45) is 11.8 Å². The number of rotatable bonds is 6. The van der Waals surface area contributed by atoms with Crippen molar-refractivity contribution in [3.63, 3.8) is 0 Å². The van der Waals surface area contributed by atoms with Crippen LogP contribution < -0.4 is 5.32 Å². The lowest BCUT2D eigenvalue weighted by Crippen LogP contribution is -2.37. The number of amides is 1. The molecule has 1 aromatic carbocycles. The number of carbonyl (C=O) groups is 1. The number of carbonyl (C=O) groups excluding carboxylic acids is 1. The number of tetrazole rings is 1. The predicted molar refractivity (Wildman–Crippen MR) is 94.4 cm³/mol. The summed E-state index contributed by atoms with van der Waals surface area (Å²) in [5.41, 5.74) is 0.725. The Bertz CT molecular complexity index is 760. The molecule has 4 rings (SSSR count). The Labute approximate surface area is 152 Å². The minimum Gasteiger partial charge on any atom is -0.353 e. The average Bonchev–Trinajstić information content (AvgIpc) is 3.34. The van der Waals surface area contributed by atoms with Gasteiger partial charge in [-0.05, 0) is 67.0 Å². The Kier molecular flexibility index (Phi) is 4.95. The first-order valence-corrected chi connectivity index (χ1v) is 9.52. The van der Waals surface area contributed by atoms with Gasteiger partial charge < -0.3 is 5.32 Å². The highest BCUT2D eigenvalue weighted by atomic mass is 19.1. The van der Waals surface area contributed by atoms with Gasteiger partial charge in [0.2, 0.25) is 11.7 Å². The third-order valence-electron chi connectivity index (χ3n) is 5.75. The normalized spacial score (nSPS) is 24.6. The van der Waals surface area contributed by atoms with E-state index in [2.05, 4.69) is 20.7 Å². The van der Waals surface area contributed by atoms with Crippen LogP contribution in [0.25, 0.3) is 11.4 Å². The Morgan fingerprint density at radius 3 is 2.88 bits per heavy atom. The van der Waals surface area contributed by atoms with Gasteiger partial charge >= 0.3 is 0 Å². The summed E-state index contributed by atoms with van der Waals surface area (Å²) in [6.45, 7) is 0.540. The standard InChI is InChI=1S/C19H24FN5O/c20-15-9-6-14(7-10-15)19-22-24-25(23-19)12-2-5-18(26)21-17-11-8-13-3-1-4-16(13)17/h6-7,9-10,13,16-17H,1-5,8,11-12H2,(H,21,26)/t13-,16-,17-/m1/s1. The number of benzene rings is 1. The summed E-state index contributed by atoms with van der Waals surface area (Å²) in [5.74, 6) is 1.84. The molecule has 2 saturated carbocycles. The van der Waals surface area contributed by atoms with E-state index in [9.17, 15) is 9.18 Å². The second kappa shape index (κ2) is 7.51. The molecule has 138 valence electrons. The van der Waals surface area contributed by atoms with Crippen LogP contribution in [0.15, 0.2) is 24.3 Å². The monoisotopic (exact) mass is 357 g/mol. The molecule has 1 amide bonds. The van der Waals surface area contributed by atoms with Crippen molar-refractivity contribution in [1.29, 1.82) is 0 Å². The quantitative estimate of drug-likeness (QED) is 0.863. The van der Waals surface area contributed by atoms with Crippen LogP contribution in [-0.2, 0) is 11.3 Å². The molecule has 0 bridgehead atoms. The minimum atomic E-state index is -0.293. The van der Waals surface area contributed by atoms with Crippen molar-refractivity contribution in [2.75, 3.05) is 0 Å². The van der Waals surface area contributed by atoms with Crippen molar-refractivity contribution < 1.29 is 9.18 Å². The Hall–Kier alpha value is -2.31. The summed E-state index contributed by atoms with van der Waals surface area (Å²) in [5, 5.41) is 15.5. The van der Waals surface area contributed by atoms with E-state index in [-0.39, 0.29) is 11.7 Å². The van der Waals surface area contributed by atoms with Crippen LogP contribution in [0.2, 0.25) is 0 Å². The molecule has 0 radical (unpaired) electrons. The fraction of sp³-hybridized carbons (Fsp3) is 0.579. The van der Waals surface area contributed by atoms with E-state index in [0.717, 1.165) is 17.9 Å². The van der Waals surface area contributed by atoms with Gasteiger partial charge in [-0.2, -0.15) is 4.80 Å². The number of hydrogen-bond acceptors (Lipinski definition) is 4. The third kappa shape index (κ3) is 3.76. The van der Waals surface area contributed by atoms with E-state index in [1.165, 1.54) is 42.6 Å². The molecule has 0 unspecified atom stereocenters. The van der Waals surface area contributed by atoms with Crippen molar-refractivity contribution >= 4 is 5.91 Å². The van der Waals surface area contributed by atoms with Crippen molar-refractivity contribution in [1.82, 2.24) is 25.5 Å². The Morgan fingerprint density at radius 2 is 2.04 bits per heavy atom. The van der Waals surface area contributed by atoms with E-state index in [0.29, 0.717) is 37.2 Å². The maximum Gasteiger partial charge on any atom is 0.220 e. The molecule has 1 heterocycles. The number of hydrogen-bond donors (Lipinski definition) is 1. The van der Waals surface area contributed by atoms with Crippen LogP contribution in [0.3, 0.4) is 0 Å². The molecule has 0 saturated heterocycles. The first-order valence-electron chi connectivity index (χ1n) is 9.52. The number of fused-ring (bicyclic) bond motifs is 1. The highest BCUT2D eigenvalue weighted by Crippen LogP contribution is 2.43. The molecule has 2 fully saturated rings. The van der Waals surface area contributed by atoms with Crippen LogP contribution in [0.4, 0.5) is 4.39 Å². The second-order valence-corrected chi connectivity index (χ2v) is 7.43. The minimum absolute atomic E-state index is 0.126. The largest absolute Gasteiger partial charge is 0.353 e. The van der Waals surface area contributed by atoms with Crippen LogP contribution >= 0.6 is 0 Å². The molecular weight excluding hydrogens is 333 g/mol. The average molecular weight is 357 g/mol. The van der Waals surface area contributed by atoms with Gasteiger partial charge in [-0.1, -0.05) is 12.8 Å². The predicted octanol–water partition coefficient (Wildman–Crippen LogP) is 2.95. The van der Waals surface area contributed by atoms with Crippen LogP contribution in [-0.4, -0.2) is 32.2 Å². The molecule has 6 nitrogen and oxygen atoms in total. The lowest BCUT2D eigenvalue weighted by Gasteiger charge is -2.19. The number of nitrogens with zero attached hydrogens (tertiary/aromatic N) is 4. The van der Waals surface area contributed by atoms with E-state index in [1.807, 2.05) is 0 Å². The molecule has 2 aliphatic rings. The lowest BCUT2D eigenvalue weighted by atomic mass is 9.97. The zero-order chi connectivity index (χ0) is 17.9.